The number of nitrogens with zero attached hydrogens (tertiary/aromatic N) is 1. The highest BCUT2D eigenvalue weighted by molar-refractivity contribution is 7.80. The first-order chi connectivity index (χ1) is 7.36. The number of hydrogen-bond acceptors (Lipinski definition) is 4. The molecule has 1 saturated heterocycles. The molecule has 0 bridgehead atoms. The van der Waals surface area contributed by atoms with E-state index in [2.05, 4.69) is 24.5 Å². The van der Waals surface area contributed by atoms with Gasteiger partial charge in [-0.25, -0.2) is 0 Å². The Morgan fingerprint density at radius 2 is 2.00 bits per heavy atom. The van der Waals surface area contributed by atoms with Gasteiger partial charge in [-0.15, -0.1) is 0 Å². The monoisotopic (exact) mass is 233 g/mol. The van der Waals surface area contributed by atoms with Gasteiger partial charge in [-0.3, -0.25) is 0 Å². The van der Waals surface area contributed by atoms with Gasteiger partial charge in [0, 0.05) is 32.0 Å². The molecule has 0 radical (unpaired) electrons. The molecular weight excluding hydrogens is 210 g/mol. The van der Waals surface area contributed by atoms with Gasteiger partial charge in [-0.2, -0.15) is 12.6 Å². The summed E-state index contributed by atoms with van der Waals surface area (Å²) in [5.41, 5.74) is 0. The third kappa shape index (κ3) is 5.76. The first-order valence-corrected chi connectivity index (χ1v) is 6.52. The highest BCUT2D eigenvalue weighted by Gasteiger charge is 2.18. The SMILES string of the molecule is CCOC1CCN(CCOCCS)CC1. The number of ether oxygens (including phenoxy) is 2. The normalized spacial score (nSPS) is 19.6. The highest BCUT2D eigenvalue weighted by atomic mass is 32.1. The van der Waals surface area contributed by atoms with Gasteiger partial charge in [0.05, 0.1) is 19.3 Å². The summed E-state index contributed by atoms with van der Waals surface area (Å²) in [5, 5.41) is 0. The Kier molecular flexibility index (Phi) is 7.44. The van der Waals surface area contributed by atoms with Crippen molar-refractivity contribution in [2.75, 3.05) is 45.2 Å². The third-order valence-electron chi connectivity index (χ3n) is 2.72. The van der Waals surface area contributed by atoms with Gasteiger partial charge < -0.3 is 14.4 Å². The van der Waals surface area contributed by atoms with Gasteiger partial charge in [0.15, 0.2) is 0 Å². The summed E-state index contributed by atoms with van der Waals surface area (Å²) >= 11 is 4.10. The Morgan fingerprint density at radius 1 is 1.27 bits per heavy atom. The van der Waals surface area contributed by atoms with E-state index in [1.165, 1.54) is 12.8 Å². The minimum atomic E-state index is 0.490. The van der Waals surface area contributed by atoms with Crippen LogP contribution in [0.2, 0.25) is 0 Å². The molecular formula is C11H23NO2S. The molecule has 15 heavy (non-hydrogen) atoms. The molecule has 3 nitrogen and oxygen atoms in total. The molecule has 90 valence electrons. The number of piperidine rings is 1. The number of likely N-dealkylation sites (tertiary alicyclic amines) is 1. The first-order valence-electron chi connectivity index (χ1n) is 5.89. The zero-order valence-corrected chi connectivity index (χ0v) is 10.5. The number of rotatable bonds is 7. The number of thiol groups is 1. The minimum absolute atomic E-state index is 0.490. The van der Waals surface area contributed by atoms with E-state index in [0.29, 0.717) is 6.10 Å². The molecule has 1 heterocycles. The summed E-state index contributed by atoms with van der Waals surface area (Å²) in [6.07, 6.45) is 2.82. The molecule has 1 fully saturated rings. The summed E-state index contributed by atoms with van der Waals surface area (Å²) in [4.78, 5) is 2.45. The van der Waals surface area contributed by atoms with Crippen LogP contribution in [0.15, 0.2) is 0 Å². The molecule has 0 aliphatic carbocycles. The summed E-state index contributed by atoms with van der Waals surface area (Å²) < 4.78 is 11.0. The Morgan fingerprint density at radius 3 is 2.60 bits per heavy atom. The van der Waals surface area contributed by atoms with Crippen molar-refractivity contribution < 1.29 is 9.47 Å². The first kappa shape index (κ1) is 13.3. The van der Waals surface area contributed by atoms with E-state index in [-0.39, 0.29) is 0 Å². The minimum Gasteiger partial charge on any atom is -0.379 e. The van der Waals surface area contributed by atoms with Crippen LogP contribution in [0.4, 0.5) is 0 Å². The fourth-order valence-corrected chi connectivity index (χ4v) is 2.02. The molecule has 0 saturated carbocycles. The fraction of sp³-hybridized carbons (Fsp3) is 1.00. The van der Waals surface area contributed by atoms with Crippen LogP contribution in [0, 0.1) is 0 Å². The predicted molar refractivity (Wildman–Crippen MR) is 65.8 cm³/mol. The van der Waals surface area contributed by atoms with E-state index < -0.39 is 0 Å². The van der Waals surface area contributed by atoms with E-state index in [9.17, 15) is 0 Å². The smallest absolute Gasteiger partial charge is 0.0599 e. The van der Waals surface area contributed by atoms with Crippen molar-refractivity contribution in [1.82, 2.24) is 4.90 Å². The molecule has 0 spiro atoms. The Balaban J connectivity index is 1.99. The Hall–Kier alpha value is 0.230. The van der Waals surface area contributed by atoms with Crippen molar-refractivity contribution >= 4 is 12.6 Å². The quantitative estimate of drug-likeness (QED) is 0.531. The second-order valence-electron chi connectivity index (χ2n) is 3.83. The van der Waals surface area contributed by atoms with Crippen LogP contribution in [0.3, 0.4) is 0 Å². The Bertz CT molecular complexity index is 147. The van der Waals surface area contributed by atoms with Crippen LogP contribution in [-0.2, 0) is 9.47 Å². The molecule has 0 atom stereocenters. The molecule has 0 unspecified atom stereocenters. The van der Waals surface area contributed by atoms with Gasteiger partial charge in [0.1, 0.15) is 0 Å². The lowest BCUT2D eigenvalue weighted by molar-refractivity contribution is 0.00758. The summed E-state index contributed by atoms with van der Waals surface area (Å²) in [5.74, 6) is 0.812. The van der Waals surface area contributed by atoms with Gasteiger partial charge in [0.25, 0.3) is 0 Å². The van der Waals surface area contributed by atoms with Crippen molar-refractivity contribution in [2.24, 2.45) is 0 Å². The fourth-order valence-electron chi connectivity index (χ4n) is 1.90. The molecule has 0 aromatic heterocycles. The van der Waals surface area contributed by atoms with Gasteiger partial charge >= 0.3 is 0 Å². The van der Waals surface area contributed by atoms with Crippen molar-refractivity contribution in [1.29, 1.82) is 0 Å². The molecule has 1 aliphatic heterocycles. The molecule has 0 amide bonds. The van der Waals surface area contributed by atoms with E-state index in [0.717, 1.165) is 45.2 Å². The average molecular weight is 233 g/mol. The van der Waals surface area contributed by atoms with Gasteiger partial charge in [0.2, 0.25) is 0 Å². The van der Waals surface area contributed by atoms with E-state index in [1.807, 2.05) is 0 Å². The summed E-state index contributed by atoms with van der Waals surface area (Å²) in [6, 6.07) is 0. The third-order valence-corrected chi connectivity index (χ3v) is 2.91. The predicted octanol–water partition coefficient (Wildman–Crippen LogP) is 1.43. The molecule has 1 aliphatic rings. The van der Waals surface area contributed by atoms with Gasteiger partial charge in [-0.05, 0) is 19.8 Å². The highest BCUT2D eigenvalue weighted by Crippen LogP contribution is 2.12. The van der Waals surface area contributed by atoms with Crippen molar-refractivity contribution in [3.63, 3.8) is 0 Å². The van der Waals surface area contributed by atoms with Crippen LogP contribution in [0.5, 0.6) is 0 Å². The lowest BCUT2D eigenvalue weighted by Gasteiger charge is -2.31. The standard InChI is InChI=1S/C11H23NO2S/c1-2-14-11-3-5-12(6-4-11)7-8-13-9-10-15/h11,15H,2-10H2,1H3. The van der Waals surface area contributed by atoms with Crippen LogP contribution in [0.25, 0.3) is 0 Å². The molecule has 0 aromatic rings. The van der Waals surface area contributed by atoms with Crippen molar-refractivity contribution in [2.45, 2.75) is 25.9 Å². The zero-order chi connectivity index (χ0) is 10.9. The molecule has 0 N–H and O–H groups in total. The second kappa shape index (κ2) is 8.39. The van der Waals surface area contributed by atoms with Crippen molar-refractivity contribution in [3.05, 3.63) is 0 Å². The molecule has 0 aromatic carbocycles. The average Bonchev–Trinajstić information content (AvgIpc) is 2.27. The molecule has 4 heteroatoms. The van der Waals surface area contributed by atoms with Gasteiger partial charge in [-0.1, -0.05) is 0 Å². The number of hydrogen-bond donors (Lipinski definition) is 1. The largest absolute Gasteiger partial charge is 0.379 e. The lowest BCUT2D eigenvalue weighted by atomic mass is 10.1. The van der Waals surface area contributed by atoms with E-state index in [4.69, 9.17) is 9.47 Å². The van der Waals surface area contributed by atoms with Crippen molar-refractivity contribution in [3.8, 4) is 0 Å². The van der Waals surface area contributed by atoms with E-state index in [1.54, 1.807) is 0 Å². The zero-order valence-electron chi connectivity index (χ0n) is 9.65. The van der Waals surface area contributed by atoms with Crippen LogP contribution in [-0.4, -0.2) is 56.2 Å². The maximum atomic E-state index is 5.61. The maximum absolute atomic E-state index is 5.61. The lowest BCUT2D eigenvalue weighted by Crippen LogP contribution is -2.38. The summed E-state index contributed by atoms with van der Waals surface area (Å²) in [7, 11) is 0. The maximum Gasteiger partial charge on any atom is 0.0599 e. The molecule has 1 rings (SSSR count). The second-order valence-corrected chi connectivity index (χ2v) is 4.28. The van der Waals surface area contributed by atoms with Crippen LogP contribution in [0.1, 0.15) is 19.8 Å². The van der Waals surface area contributed by atoms with E-state index >= 15 is 0 Å². The van der Waals surface area contributed by atoms with Crippen LogP contribution >= 0.6 is 12.6 Å². The summed E-state index contributed by atoms with van der Waals surface area (Å²) in [6.45, 7) is 7.85. The van der Waals surface area contributed by atoms with Crippen LogP contribution < -0.4 is 0 Å². The Labute approximate surface area is 98.5 Å². The topological polar surface area (TPSA) is 21.7 Å².